The van der Waals surface area contributed by atoms with Crippen LogP contribution < -0.4 is 4.90 Å². The van der Waals surface area contributed by atoms with Gasteiger partial charge in [-0.1, -0.05) is 17.4 Å². The normalized spacial score (nSPS) is 10.3. The van der Waals surface area contributed by atoms with Crippen LogP contribution in [-0.2, 0) is 11.3 Å². The zero-order chi connectivity index (χ0) is 14.7. The second-order valence-electron chi connectivity index (χ2n) is 4.16. The number of carbonyl (C=O) groups excluding carboxylic acids is 2. The molecule has 0 atom stereocenters. The predicted octanol–water partition coefficient (Wildman–Crippen LogP) is 2.83. The number of thiophene rings is 1. The zero-order valence-corrected chi connectivity index (χ0v) is 13.0. The van der Waals surface area contributed by atoms with E-state index in [0.717, 1.165) is 0 Å². The topological polar surface area (TPSA) is 59.5 Å². The minimum atomic E-state index is -0.581. The molecule has 0 radical (unpaired) electrons. The quantitative estimate of drug-likeness (QED) is 0.628. The number of ketones is 1. The fourth-order valence-electron chi connectivity index (χ4n) is 1.65. The number of rotatable bonds is 5. The summed E-state index contributed by atoms with van der Waals surface area (Å²) >= 11 is 2.86. The van der Waals surface area contributed by atoms with Crippen molar-refractivity contribution in [2.24, 2.45) is 0 Å². The largest absolute Gasteiger partial charge is 0.464 e. The van der Waals surface area contributed by atoms with E-state index in [1.807, 2.05) is 29.5 Å². The van der Waals surface area contributed by atoms with Gasteiger partial charge in [0.05, 0.1) is 13.7 Å². The maximum Gasteiger partial charge on any atom is 0.358 e. The SMILES string of the molecule is COC(=O)c1nc(N(C)Cc2cccs2)sc1C(C)=O. The molecule has 0 spiro atoms. The van der Waals surface area contributed by atoms with Crippen molar-refractivity contribution in [2.45, 2.75) is 13.5 Å². The molecule has 2 aromatic heterocycles. The summed E-state index contributed by atoms with van der Waals surface area (Å²) in [5.41, 5.74) is 0.0954. The Kier molecular flexibility index (Phi) is 4.51. The molecule has 0 unspecified atom stereocenters. The highest BCUT2D eigenvalue weighted by atomic mass is 32.1. The van der Waals surface area contributed by atoms with Gasteiger partial charge >= 0.3 is 5.97 Å². The first kappa shape index (κ1) is 14.7. The lowest BCUT2D eigenvalue weighted by Gasteiger charge is -2.13. The summed E-state index contributed by atoms with van der Waals surface area (Å²) in [6.45, 7) is 2.10. The van der Waals surface area contributed by atoms with E-state index in [-0.39, 0.29) is 11.5 Å². The maximum atomic E-state index is 11.6. The number of esters is 1. The van der Waals surface area contributed by atoms with Crippen LogP contribution in [0, 0.1) is 0 Å². The van der Waals surface area contributed by atoms with Crippen molar-refractivity contribution in [3.63, 3.8) is 0 Å². The first-order valence-corrected chi connectivity index (χ1v) is 7.56. The van der Waals surface area contributed by atoms with E-state index in [0.29, 0.717) is 16.6 Å². The monoisotopic (exact) mass is 310 g/mol. The third-order valence-electron chi connectivity index (χ3n) is 2.61. The summed E-state index contributed by atoms with van der Waals surface area (Å²) in [6.07, 6.45) is 0. The van der Waals surface area contributed by atoms with Crippen LogP contribution in [0.1, 0.15) is 32.0 Å². The molecule has 0 saturated heterocycles. The Morgan fingerprint density at radius 1 is 1.45 bits per heavy atom. The van der Waals surface area contributed by atoms with Crippen molar-refractivity contribution in [2.75, 3.05) is 19.1 Å². The van der Waals surface area contributed by atoms with Gasteiger partial charge in [-0.05, 0) is 11.4 Å². The molecule has 0 aromatic carbocycles. The Bertz CT molecular complexity index is 620. The third-order valence-corrected chi connectivity index (χ3v) is 4.75. The Labute approximate surface area is 124 Å². The van der Waals surface area contributed by atoms with Crippen LogP contribution in [0.25, 0.3) is 0 Å². The minimum absolute atomic E-state index is 0.0954. The van der Waals surface area contributed by atoms with E-state index in [2.05, 4.69) is 9.72 Å². The summed E-state index contributed by atoms with van der Waals surface area (Å²) < 4.78 is 4.66. The lowest BCUT2D eigenvalue weighted by atomic mass is 10.3. The predicted molar refractivity (Wildman–Crippen MR) is 79.9 cm³/mol. The molecule has 0 fully saturated rings. The standard InChI is InChI=1S/C13H14N2O3S2/c1-8(16)11-10(12(17)18-3)14-13(20-11)15(2)7-9-5-4-6-19-9/h4-6H,7H2,1-3H3. The number of thiazole rings is 1. The van der Waals surface area contributed by atoms with Gasteiger partial charge in [0.15, 0.2) is 16.6 Å². The van der Waals surface area contributed by atoms with Crippen molar-refractivity contribution >= 4 is 39.6 Å². The number of aromatic nitrogens is 1. The molecule has 0 aliphatic heterocycles. The minimum Gasteiger partial charge on any atom is -0.464 e. The fourth-order valence-corrected chi connectivity index (χ4v) is 3.32. The summed E-state index contributed by atoms with van der Waals surface area (Å²) in [4.78, 5) is 30.9. The number of anilines is 1. The van der Waals surface area contributed by atoms with Crippen molar-refractivity contribution in [1.29, 1.82) is 0 Å². The van der Waals surface area contributed by atoms with E-state index in [1.165, 1.54) is 30.2 Å². The van der Waals surface area contributed by atoms with Gasteiger partial charge < -0.3 is 9.64 Å². The van der Waals surface area contributed by atoms with Crippen molar-refractivity contribution in [3.8, 4) is 0 Å². The van der Waals surface area contributed by atoms with E-state index < -0.39 is 5.97 Å². The van der Waals surface area contributed by atoms with Crippen LogP contribution in [0.5, 0.6) is 0 Å². The molecule has 5 nitrogen and oxygen atoms in total. The molecule has 0 aliphatic carbocycles. The van der Waals surface area contributed by atoms with Gasteiger partial charge in [0.1, 0.15) is 4.88 Å². The molecule has 0 amide bonds. The highest BCUT2D eigenvalue weighted by Gasteiger charge is 2.23. The van der Waals surface area contributed by atoms with Gasteiger partial charge in [-0.2, -0.15) is 0 Å². The van der Waals surface area contributed by atoms with Crippen molar-refractivity contribution in [1.82, 2.24) is 4.98 Å². The van der Waals surface area contributed by atoms with Crippen molar-refractivity contribution < 1.29 is 14.3 Å². The Morgan fingerprint density at radius 2 is 2.20 bits per heavy atom. The van der Waals surface area contributed by atoms with Crippen LogP contribution in [0.2, 0.25) is 0 Å². The molecule has 2 rings (SSSR count). The maximum absolute atomic E-state index is 11.6. The number of methoxy groups -OCH3 is 1. The lowest BCUT2D eigenvalue weighted by molar-refractivity contribution is 0.0591. The van der Waals surface area contributed by atoms with Gasteiger partial charge in [-0.3, -0.25) is 4.79 Å². The van der Waals surface area contributed by atoms with Crippen LogP contribution in [0.3, 0.4) is 0 Å². The van der Waals surface area contributed by atoms with Crippen LogP contribution in [-0.4, -0.2) is 30.9 Å². The molecule has 0 N–H and O–H groups in total. The molecule has 2 heterocycles. The van der Waals surface area contributed by atoms with Crippen molar-refractivity contribution in [3.05, 3.63) is 33.0 Å². The summed E-state index contributed by atoms with van der Waals surface area (Å²) in [5.74, 6) is -0.763. The molecule has 2 aromatic rings. The van der Waals surface area contributed by atoms with E-state index >= 15 is 0 Å². The first-order valence-electron chi connectivity index (χ1n) is 5.86. The third kappa shape index (κ3) is 3.05. The highest BCUT2D eigenvalue weighted by Crippen LogP contribution is 2.28. The second kappa shape index (κ2) is 6.15. The smallest absolute Gasteiger partial charge is 0.358 e. The zero-order valence-electron chi connectivity index (χ0n) is 11.4. The highest BCUT2D eigenvalue weighted by molar-refractivity contribution is 7.17. The molecule has 0 bridgehead atoms. The van der Waals surface area contributed by atoms with Crippen LogP contribution >= 0.6 is 22.7 Å². The van der Waals surface area contributed by atoms with E-state index in [4.69, 9.17) is 0 Å². The van der Waals surface area contributed by atoms with Gasteiger partial charge in [0.25, 0.3) is 0 Å². The number of hydrogen-bond donors (Lipinski definition) is 0. The number of nitrogens with zero attached hydrogens (tertiary/aromatic N) is 2. The van der Waals surface area contributed by atoms with E-state index in [9.17, 15) is 9.59 Å². The lowest BCUT2D eigenvalue weighted by Crippen LogP contribution is -2.15. The second-order valence-corrected chi connectivity index (χ2v) is 6.17. The van der Waals surface area contributed by atoms with E-state index in [1.54, 1.807) is 11.3 Å². The molecule has 0 saturated carbocycles. The average Bonchev–Trinajstić information content (AvgIpc) is 3.06. The number of Topliss-reactive ketones (excluding diaryl/α,β-unsaturated/α-hetero) is 1. The summed E-state index contributed by atoms with van der Waals surface area (Å²) in [7, 11) is 3.16. The van der Waals surface area contributed by atoms with Crippen LogP contribution in [0.4, 0.5) is 5.13 Å². The Hall–Kier alpha value is -1.73. The molecular formula is C13H14N2O3S2. The molecule has 0 aliphatic rings. The first-order chi connectivity index (χ1) is 9.52. The molecule has 20 heavy (non-hydrogen) atoms. The van der Waals surface area contributed by atoms with Crippen LogP contribution in [0.15, 0.2) is 17.5 Å². The Morgan fingerprint density at radius 3 is 2.75 bits per heavy atom. The van der Waals surface area contributed by atoms with Gasteiger partial charge in [0, 0.05) is 18.8 Å². The summed E-state index contributed by atoms with van der Waals surface area (Å²) in [5, 5.41) is 2.63. The average molecular weight is 310 g/mol. The number of hydrogen-bond acceptors (Lipinski definition) is 7. The molecule has 7 heteroatoms. The van der Waals surface area contributed by atoms with Gasteiger partial charge in [-0.25, -0.2) is 9.78 Å². The Balaban J connectivity index is 2.28. The summed E-state index contributed by atoms with van der Waals surface area (Å²) in [6, 6.07) is 4.01. The molecule has 106 valence electrons. The molecular weight excluding hydrogens is 296 g/mol. The number of ether oxygens (including phenoxy) is 1. The number of carbonyl (C=O) groups is 2. The van der Waals surface area contributed by atoms with Gasteiger partial charge in [0.2, 0.25) is 0 Å². The fraction of sp³-hybridized carbons (Fsp3) is 0.308. The van der Waals surface area contributed by atoms with Gasteiger partial charge in [-0.15, -0.1) is 11.3 Å².